The van der Waals surface area contributed by atoms with E-state index >= 15 is 0 Å². The Morgan fingerprint density at radius 2 is 1.73 bits per heavy atom. The molecule has 9 nitrogen and oxygen atoms in total. The van der Waals surface area contributed by atoms with Gasteiger partial charge in [-0.2, -0.15) is 0 Å². The van der Waals surface area contributed by atoms with Crippen LogP contribution in [0.25, 0.3) is 0 Å². The van der Waals surface area contributed by atoms with Gasteiger partial charge in [0.15, 0.2) is 0 Å². The van der Waals surface area contributed by atoms with Crippen molar-refractivity contribution in [1.82, 2.24) is 20.9 Å². The van der Waals surface area contributed by atoms with Gasteiger partial charge in [0.2, 0.25) is 17.7 Å². The largest absolute Gasteiger partial charge is 0.497 e. The van der Waals surface area contributed by atoms with Gasteiger partial charge in [0, 0.05) is 26.6 Å². The molecule has 0 saturated heterocycles. The Hall–Kier alpha value is -3.59. The molecule has 1 aliphatic rings. The second-order valence-corrected chi connectivity index (χ2v) is 10.4. The zero-order valence-corrected chi connectivity index (χ0v) is 24.4. The number of para-hydroxylation sites is 1. The molecule has 40 heavy (non-hydrogen) atoms. The number of carbonyl (C=O) groups is 3. The number of nitrogens with zero attached hydrogens (tertiary/aromatic N) is 1. The second kappa shape index (κ2) is 15.3. The van der Waals surface area contributed by atoms with Gasteiger partial charge >= 0.3 is 0 Å². The van der Waals surface area contributed by atoms with Gasteiger partial charge in [0.25, 0.3) is 0 Å². The molecule has 2 aromatic carbocycles. The number of aryl methyl sites for hydroxylation is 1. The van der Waals surface area contributed by atoms with Crippen LogP contribution < -0.4 is 25.4 Å². The van der Waals surface area contributed by atoms with Crippen molar-refractivity contribution in [2.75, 3.05) is 27.2 Å². The molecule has 3 amide bonds. The van der Waals surface area contributed by atoms with E-state index in [0.717, 1.165) is 29.7 Å². The third-order valence-corrected chi connectivity index (χ3v) is 7.29. The highest BCUT2D eigenvalue weighted by Crippen LogP contribution is 2.21. The number of nitrogens with one attached hydrogen (secondary N) is 3. The number of ether oxygens (including phenoxy) is 2. The molecule has 218 valence electrons. The van der Waals surface area contributed by atoms with Crippen LogP contribution in [0.15, 0.2) is 48.5 Å². The molecule has 0 saturated carbocycles. The van der Waals surface area contributed by atoms with Crippen LogP contribution >= 0.6 is 0 Å². The summed E-state index contributed by atoms with van der Waals surface area (Å²) in [6, 6.07) is 13.3. The minimum absolute atomic E-state index is 0.170. The van der Waals surface area contributed by atoms with Crippen LogP contribution in [-0.2, 0) is 27.2 Å². The van der Waals surface area contributed by atoms with E-state index in [2.05, 4.69) is 16.0 Å². The maximum absolute atomic E-state index is 13.4. The van der Waals surface area contributed by atoms with Crippen molar-refractivity contribution in [2.45, 2.75) is 77.1 Å². The monoisotopic (exact) mass is 552 g/mol. The first-order chi connectivity index (χ1) is 19.2. The molecule has 0 aliphatic carbocycles. The molecule has 4 atom stereocenters. The van der Waals surface area contributed by atoms with Gasteiger partial charge in [-0.05, 0) is 62.4 Å². The molecule has 1 aliphatic heterocycles. The van der Waals surface area contributed by atoms with E-state index in [0.29, 0.717) is 38.1 Å². The minimum atomic E-state index is -0.799. The summed E-state index contributed by atoms with van der Waals surface area (Å²) in [5.41, 5.74) is 1.94. The van der Waals surface area contributed by atoms with Gasteiger partial charge in [-0.25, -0.2) is 0 Å². The van der Waals surface area contributed by atoms with Crippen molar-refractivity contribution in [3.05, 3.63) is 59.7 Å². The summed E-state index contributed by atoms with van der Waals surface area (Å²) in [5.74, 6) is 0.693. The SMILES string of the molecule is CCC[C@@H]1NC[C@@H](C)Oc2ccccc2CCCNC(=O)[C@@H](Cc2ccc(OC)cc2)NC(=O)[C@@H](C)N(C)C1=O. The number of benzene rings is 2. The highest BCUT2D eigenvalue weighted by molar-refractivity contribution is 5.93. The Balaban J connectivity index is 1.85. The van der Waals surface area contributed by atoms with Gasteiger partial charge in [0.05, 0.1) is 13.2 Å². The lowest BCUT2D eigenvalue weighted by molar-refractivity contribution is -0.141. The number of methoxy groups -OCH3 is 1. The van der Waals surface area contributed by atoms with Crippen LogP contribution in [0, 0.1) is 0 Å². The summed E-state index contributed by atoms with van der Waals surface area (Å²) in [6.45, 7) is 6.61. The Kier molecular flexibility index (Phi) is 11.8. The maximum atomic E-state index is 13.4. The first kappa shape index (κ1) is 30.9. The number of carbonyl (C=O) groups excluding carboxylic acids is 3. The number of likely N-dealkylation sites (N-methyl/N-ethyl adjacent to an activating group) is 1. The van der Waals surface area contributed by atoms with E-state index < -0.39 is 18.1 Å². The third kappa shape index (κ3) is 8.71. The molecule has 3 rings (SSSR count). The van der Waals surface area contributed by atoms with Crippen molar-refractivity contribution < 1.29 is 23.9 Å². The summed E-state index contributed by atoms with van der Waals surface area (Å²) >= 11 is 0. The summed E-state index contributed by atoms with van der Waals surface area (Å²) in [6.07, 6.45) is 3.01. The molecule has 0 fully saturated rings. The lowest BCUT2D eigenvalue weighted by Gasteiger charge is -2.30. The maximum Gasteiger partial charge on any atom is 0.243 e. The van der Waals surface area contributed by atoms with Gasteiger partial charge in [0.1, 0.15) is 29.7 Å². The van der Waals surface area contributed by atoms with Gasteiger partial charge in [-0.1, -0.05) is 43.7 Å². The fraction of sp³-hybridized carbons (Fsp3) is 0.516. The fourth-order valence-electron chi connectivity index (χ4n) is 4.72. The lowest BCUT2D eigenvalue weighted by Crippen LogP contribution is -2.56. The normalized spacial score (nSPS) is 23.6. The van der Waals surface area contributed by atoms with E-state index in [1.54, 1.807) is 21.1 Å². The van der Waals surface area contributed by atoms with Crippen LogP contribution in [-0.4, -0.2) is 74.1 Å². The first-order valence-corrected chi connectivity index (χ1v) is 14.2. The van der Waals surface area contributed by atoms with E-state index in [1.165, 1.54) is 4.90 Å². The first-order valence-electron chi connectivity index (χ1n) is 14.2. The molecule has 3 N–H and O–H groups in total. The number of fused-ring (bicyclic) bond motifs is 1. The standard InChI is InChI=1S/C31H44N4O5/c1-6-10-26-31(38)35(4)22(3)29(36)34-27(19-23-14-16-25(39-5)17-15-23)30(37)32-18-9-12-24-11-7-8-13-28(24)40-21(2)20-33-26/h7-8,11,13-17,21-22,26-27,33H,6,9-10,12,18-20H2,1-5H3,(H,32,37)(H,34,36)/t21-,22-,26+,27-/m1/s1. The zero-order valence-electron chi connectivity index (χ0n) is 24.4. The van der Waals surface area contributed by atoms with Crippen LogP contribution in [0.3, 0.4) is 0 Å². The molecular formula is C31H44N4O5. The van der Waals surface area contributed by atoms with E-state index in [1.807, 2.05) is 62.4 Å². The van der Waals surface area contributed by atoms with Crippen molar-refractivity contribution in [3.63, 3.8) is 0 Å². The van der Waals surface area contributed by atoms with Crippen LogP contribution in [0.2, 0.25) is 0 Å². The van der Waals surface area contributed by atoms with Gasteiger partial charge in [-0.3, -0.25) is 14.4 Å². The topological polar surface area (TPSA) is 109 Å². The third-order valence-electron chi connectivity index (χ3n) is 7.29. The predicted octanol–water partition coefficient (Wildman–Crippen LogP) is 2.86. The molecule has 2 aromatic rings. The molecule has 0 unspecified atom stereocenters. The molecular weight excluding hydrogens is 508 g/mol. The van der Waals surface area contributed by atoms with Crippen LogP contribution in [0.5, 0.6) is 11.5 Å². The van der Waals surface area contributed by atoms with Crippen LogP contribution in [0.1, 0.15) is 51.2 Å². The molecule has 9 heteroatoms. The number of amides is 3. The average Bonchev–Trinajstić information content (AvgIpc) is 2.96. The minimum Gasteiger partial charge on any atom is -0.497 e. The van der Waals surface area contributed by atoms with Crippen molar-refractivity contribution in [3.8, 4) is 11.5 Å². The van der Waals surface area contributed by atoms with E-state index in [9.17, 15) is 14.4 Å². The summed E-state index contributed by atoms with van der Waals surface area (Å²) in [4.78, 5) is 41.5. The molecule has 0 bridgehead atoms. The predicted molar refractivity (Wildman–Crippen MR) is 155 cm³/mol. The summed E-state index contributed by atoms with van der Waals surface area (Å²) in [5, 5.41) is 9.25. The van der Waals surface area contributed by atoms with Crippen molar-refractivity contribution >= 4 is 17.7 Å². The molecule has 0 spiro atoms. The second-order valence-electron chi connectivity index (χ2n) is 10.4. The highest BCUT2D eigenvalue weighted by Gasteiger charge is 2.31. The zero-order chi connectivity index (χ0) is 29.1. The quantitative estimate of drug-likeness (QED) is 0.527. The summed E-state index contributed by atoms with van der Waals surface area (Å²) < 4.78 is 11.5. The molecule has 0 aromatic heterocycles. The smallest absolute Gasteiger partial charge is 0.243 e. The molecule has 0 radical (unpaired) electrons. The van der Waals surface area contributed by atoms with Gasteiger partial charge in [-0.15, -0.1) is 0 Å². The Morgan fingerprint density at radius 3 is 2.42 bits per heavy atom. The number of rotatable bonds is 5. The molecule has 1 heterocycles. The average molecular weight is 553 g/mol. The Labute approximate surface area is 238 Å². The lowest BCUT2D eigenvalue weighted by atomic mass is 10.0. The number of hydrogen-bond donors (Lipinski definition) is 3. The van der Waals surface area contributed by atoms with Gasteiger partial charge < -0.3 is 30.3 Å². The van der Waals surface area contributed by atoms with E-state index in [-0.39, 0.29) is 23.8 Å². The van der Waals surface area contributed by atoms with E-state index in [4.69, 9.17) is 9.47 Å². The Bertz CT molecular complexity index is 1120. The highest BCUT2D eigenvalue weighted by atomic mass is 16.5. The number of hydrogen-bond acceptors (Lipinski definition) is 6. The fourth-order valence-corrected chi connectivity index (χ4v) is 4.72. The van der Waals surface area contributed by atoms with Crippen molar-refractivity contribution in [1.29, 1.82) is 0 Å². The van der Waals surface area contributed by atoms with Crippen LogP contribution in [0.4, 0.5) is 0 Å². The summed E-state index contributed by atoms with van der Waals surface area (Å²) in [7, 11) is 3.23. The Morgan fingerprint density at radius 1 is 1.00 bits per heavy atom. The van der Waals surface area contributed by atoms with Crippen molar-refractivity contribution in [2.24, 2.45) is 0 Å².